The zero-order chi connectivity index (χ0) is 16.0. The molecule has 0 aliphatic rings. The van der Waals surface area contributed by atoms with Gasteiger partial charge in [0.05, 0.1) is 20.8 Å². The van der Waals surface area contributed by atoms with Crippen molar-refractivity contribution in [2.24, 2.45) is 0 Å². The number of rotatable bonds is 6. The third-order valence-electron chi connectivity index (χ3n) is 2.99. The zero-order valence-electron chi connectivity index (χ0n) is 13.7. The number of ether oxygens (including phenoxy) is 2. The Hall–Kier alpha value is -1.75. The third-order valence-corrected chi connectivity index (χ3v) is 2.99. The van der Waals surface area contributed by atoms with Crippen LogP contribution in [0.1, 0.15) is 39.3 Å². The summed E-state index contributed by atoms with van der Waals surface area (Å²) >= 11 is 0. The maximum absolute atomic E-state index is 11.8. The Labute approximate surface area is 127 Å². The summed E-state index contributed by atoms with van der Waals surface area (Å²) in [5.41, 5.74) is 0.732. The van der Waals surface area contributed by atoms with Gasteiger partial charge in [-0.25, -0.2) is 0 Å². The molecular weight excluding hydrogens is 268 g/mol. The average molecular weight is 294 g/mol. The van der Waals surface area contributed by atoms with Crippen molar-refractivity contribution in [3.05, 3.63) is 23.8 Å². The van der Waals surface area contributed by atoms with Crippen molar-refractivity contribution in [2.75, 3.05) is 20.8 Å². The number of carbonyl (C=O) groups is 1. The van der Waals surface area contributed by atoms with E-state index in [9.17, 15) is 4.79 Å². The lowest BCUT2D eigenvalue weighted by Crippen LogP contribution is -2.45. The molecular formula is C16H26N2O3. The van der Waals surface area contributed by atoms with Gasteiger partial charge in [0.15, 0.2) is 0 Å². The van der Waals surface area contributed by atoms with Gasteiger partial charge in [0.1, 0.15) is 11.5 Å². The molecule has 5 nitrogen and oxygen atoms in total. The van der Waals surface area contributed by atoms with Crippen molar-refractivity contribution < 1.29 is 14.3 Å². The molecule has 0 fully saturated rings. The van der Waals surface area contributed by atoms with Gasteiger partial charge in [-0.1, -0.05) is 0 Å². The molecule has 0 aliphatic heterocycles. The van der Waals surface area contributed by atoms with Crippen molar-refractivity contribution in [1.29, 1.82) is 0 Å². The topological polar surface area (TPSA) is 59.6 Å². The normalized spacial score (nSPS) is 12.7. The van der Waals surface area contributed by atoms with Crippen LogP contribution in [-0.2, 0) is 4.79 Å². The van der Waals surface area contributed by atoms with Crippen LogP contribution in [0.25, 0.3) is 0 Å². The molecule has 1 atom stereocenters. The molecule has 1 aromatic rings. The number of benzene rings is 1. The highest BCUT2D eigenvalue weighted by Crippen LogP contribution is 2.29. The lowest BCUT2D eigenvalue weighted by Gasteiger charge is -2.22. The van der Waals surface area contributed by atoms with Gasteiger partial charge in [-0.2, -0.15) is 0 Å². The van der Waals surface area contributed by atoms with Crippen LogP contribution in [0.5, 0.6) is 11.5 Å². The average Bonchev–Trinajstić information content (AvgIpc) is 2.42. The van der Waals surface area contributed by atoms with E-state index in [2.05, 4.69) is 10.6 Å². The number of methoxy groups -OCH3 is 2. The Bertz CT molecular complexity index is 481. The van der Waals surface area contributed by atoms with Gasteiger partial charge in [-0.15, -0.1) is 0 Å². The highest BCUT2D eigenvalue weighted by atomic mass is 16.5. The van der Waals surface area contributed by atoms with Gasteiger partial charge < -0.3 is 20.1 Å². The second kappa shape index (κ2) is 7.31. The van der Waals surface area contributed by atoms with Crippen LogP contribution in [0.2, 0.25) is 0 Å². The van der Waals surface area contributed by atoms with Crippen molar-refractivity contribution in [1.82, 2.24) is 10.6 Å². The van der Waals surface area contributed by atoms with Gasteiger partial charge in [0.25, 0.3) is 0 Å². The Morgan fingerprint density at radius 3 is 2.43 bits per heavy atom. The van der Waals surface area contributed by atoms with E-state index in [4.69, 9.17) is 9.47 Å². The van der Waals surface area contributed by atoms with Gasteiger partial charge in [-0.3, -0.25) is 4.79 Å². The minimum absolute atomic E-state index is 0.0271. The predicted octanol–water partition coefficient (Wildman–Crippen LogP) is 2.27. The highest BCUT2D eigenvalue weighted by molar-refractivity contribution is 5.78. The van der Waals surface area contributed by atoms with E-state index in [0.29, 0.717) is 0 Å². The van der Waals surface area contributed by atoms with E-state index in [1.165, 1.54) is 0 Å². The standard InChI is InChI=1S/C16H26N2O3/c1-11(17-10-15(19)18-16(2,3)4)13-9-12(20-5)7-8-14(13)21-6/h7-9,11,17H,10H2,1-6H3,(H,18,19). The molecule has 118 valence electrons. The van der Waals surface area contributed by atoms with E-state index >= 15 is 0 Å². The first-order valence-corrected chi connectivity index (χ1v) is 7.03. The minimum Gasteiger partial charge on any atom is -0.497 e. The number of hydrogen-bond donors (Lipinski definition) is 2. The summed E-state index contributed by atoms with van der Waals surface area (Å²) in [5, 5.41) is 6.12. The van der Waals surface area contributed by atoms with Crippen LogP contribution in [0.3, 0.4) is 0 Å². The molecule has 5 heteroatoms. The number of carbonyl (C=O) groups excluding carboxylic acids is 1. The first-order valence-electron chi connectivity index (χ1n) is 7.03. The monoisotopic (exact) mass is 294 g/mol. The summed E-state index contributed by atoms with van der Waals surface area (Å²) in [6, 6.07) is 5.60. The lowest BCUT2D eigenvalue weighted by molar-refractivity contribution is -0.121. The molecule has 0 radical (unpaired) electrons. The van der Waals surface area contributed by atoms with Crippen molar-refractivity contribution in [2.45, 2.75) is 39.3 Å². The molecule has 1 unspecified atom stereocenters. The predicted molar refractivity (Wildman–Crippen MR) is 83.9 cm³/mol. The molecule has 21 heavy (non-hydrogen) atoms. The fourth-order valence-corrected chi connectivity index (χ4v) is 2.00. The summed E-state index contributed by atoms with van der Waals surface area (Å²) in [6.07, 6.45) is 0. The van der Waals surface area contributed by atoms with Gasteiger partial charge in [0, 0.05) is 17.1 Å². The molecule has 0 aromatic heterocycles. The van der Waals surface area contributed by atoms with Crippen LogP contribution in [-0.4, -0.2) is 32.2 Å². The zero-order valence-corrected chi connectivity index (χ0v) is 13.7. The molecule has 0 saturated carbocycles. The smallest absolute Gasteiger partial charge is 0.234 e. The second-order valence-corrected chi connectivity index (χ2v) is 6.01. The molecule has 0 saturated heterocycles. The summed E-state index contributed by atoms with van der Waals surface area (Å²) in [7, 11) is 3.25. The molecule has 0 aliphatic carbocycles. The Morgan fingerprint density at radius 1 is 1.24 bits per heavy atom. The summed E-state index contributed by atoms with van der Waals surface area (Å²) in [6.45, 7) is 8.11. The van der Waals surface area contributed by atoms with E-state index < -0.39 is 0 Å². The number of hydrogen-bond acceptors (Lipinski definition) is 4. The van der Waals surface area contributed by atoms with Crippen molar-refractivity contribution in [3.63, 3.8) is 0 Å². The maximum atomic E-state index is 11.8. The molecule has 1 aromatic carbocycles. The minimum atomic E-state index is -0.227. The molecule has 2 N–H and O–H groups in total. The van der Waals surface area contributed by atoms with E-state index in [0.717, 1.165) is 17.1 Å². The van der Waals surface area contributed by atoms with Gasteiger partial charge in [0.2, 0.25) is 5.91 Å². The quantitative estimate of drug-likeness (QED) is 0.845. The molecule has 1 amide bonds. The van der Waals surface area contributed by atoms with Crippen molar-refractivity contribution in [3.8, 4) is 11.5 Å². The highest BCUT2D eigenvalue weighted by Gasteiger charge is 2.16. The van der Waals surface area contributed by atoms with Crippen molar-refractivity contribution >= 4 is 5.91 Å². The fourth-order valence-electron chi connectivity index (χ4n) is 2.00. The van der Waals surface area contributed by atoms with E-state index in [1.807, 2.05) is 45.9 Å². The van der Waals surface area contributed by atoms with Crippen LogP contribution in [0.4, 0.5) is 0 Å². The Kier molecular flexibility index (Phi) is 6.03. The van der Waals surface area contributed by atoms with Crippen LogP contribution in [0.15, 0.2) is 18.2 Å². The van der Waals surface area contributed by atoms with Gasteiger partial charge in [-0.05, 0) is 45.9 Å². The van der Waals surface area contributed by atoms with E-state index in [1.54, 1.807) is 14.2 Å². The van der Waals surface area contributed by atoms with Gasteiger partial charge >= 0.3 is 0 Å². The van der Waals surface area contributed by atoms with Crippen LogP contribution >= 0.6 is 0 Å². The van der Waals surface area contributed by atoms with Crippen LogP contribution in [0, 0.1) is 0 Å². The summed E-state index contributed by atoms with van der Waals surface area (Å²) in [5.74, 6) is 1.50. The molecule has 0 bridgehead atoms. The second-order valence-electron chi connectivity index (χ2n) is 6.01. The lowest BCUT2D eigenvalue weighted by atomic mass is 10.1. The third kappa shape index (κ3) is 5.63. The maximum Gasteiger partial charge on any atom is 0.234 e. The Balaban J connectivity index is 2.71. The summed E-state index contributed by atoms with van der Waals surface area (Å²) < 4.78 is 10.6. The fraction of sp³-hybridized carbons (Fsp3) is 0.562. The first-order chi connectivity index (χ1) is 9.76. The summed E-state index contributed by atoms with van der Waals surface area (Å²) in [4.78, 5) is 11.8. The molecule has 0 spiro atoms. The number of amides is 1. The Morgan fingerprint density at radius 2 is 1.90 bits per heavy atom. The van der Waals surface area contributed by atoms with E-state index in [-0.39, 0.29) is 24.0 Å². The molecule has 0 heterocycles. The molecule has 1 rings (SSSR count). The van der Waals surface area contributed by atoms with Crippen LogP contribution < -0.4 is 20.1 Å². The SMILES string of the molecule is COc1ccc(OC)c(C(C)NCC(=O)NC(C)(C)C)c1. The number of nitrogens with one attached hydrogen (secondary N) is 2. The largest absolute Gasteiger partial charge is 0.497 e. The first kappa shape index (κ1) is 17.3.